The molecule has 0 aliphatic carbocycles. The quantitative estimate of drug-likeness (QED) is 0.330. The summed E-state index contributed by atoms with van der Waals surface area (Å²) in [4.78, 5) is 21.2. The third-order valence-electron chi connectivity index (χ3n) is 5.55. The number of halogens is 2. The molecule has 1 heterocycles. The molecule has 0 aliphatic rings. The fraction of sp³-hybridized carbons (Fsp3) is 0.179. The maximum absolute atomic E-state index is 13.9. The van der Waals surface area contributed by atoms with Crippen molar-refractivity contribution in [3.05, 3.63) is 108 Å². The summed E-state index contributed by atoms with van der Waals surface area (Å²) in [5.41, 5.74) is 3.23. The van der Waals surface area contributed by atoms with Crippen LogP contribution in [0.4, 0.5) is 14.5 Å². The minimum absolute atomic E-state index is 0.0178. The number of nitrogens with one attached hydrogen (secondary N) is 1. The van der Waals surface area contributed by atoms with Gasteiger partial charge in [0.1, 0.15) is 18.4 Å². The third-order valence-corrected chi connectivity index (χ3v) is 5.55. The lowest BCUT2D eigenvalue weighted by molar-refractivity contribution is -0.115. The van der Waals surface area contributed by atoms with Crippen LogP contribution in [0.15, 0.2) is 91.3 Å². The Morgan fingerprint density at radius 1 is 0.944 bits per heavy atom. The van der Waals surface area contributed by atoms with Gasteiger partial charge < -0.3 is 15.2 Å². The second-order valence-corrected chi connectivity index (χ2v) is 8.28. The highest BCUT2D eigenvalue weighted by atomic mass is 19.3. The van der Waals surface area contributed by atoms with Gasteiger partial charge in [-0.3, -0.25) is 4.79 Å². The van der Waals surface area contributed by atoms with Gasteiger partial charge in [-0.05, 0) is 30.2 Å². The fourth-order valence-electron chi connectivity index (χ4n) is 3.54. The zero-order valence-corrected chi connectivity index (χ0v) is 19.6. The summed E-state index contributed by atoms with van der Waals surface area (Å²) in [7, 11) is 0. The largest absolute Gasteiger partial charge is 0.471 e. The van der Waals surface area contributed by atoms with Crippen LogP contribution < -0.4 is 10.1 Å². The van der Waals surface area contributed by atoms with Crippen molar-refractivity contribution in [2.45, 2.75) is 32.0 Å². The first-order chi connectivity index (χ1) is 17.3. The Hall–Kier alpha value is -4.17. The summed E-state index contributed by atoms with van der Waals surface area (Å²) >= 11 is 0. The van der Waals surface area contributed by atoms with E-state index in [9.17, 15) is 18.7 Å². The Kier molecular flexibility index (Phi) is 7.65. The van der Waals surface area contributed by atoms with E-state index in [0.717, 1.165) is 18.1 Å². The van der Waals surface area contributed by atoms with Crippen LogP contribution in [-0.2, 0) is 23.7 Å². The van der Waals surface area contributed by atoms with Crippen molar-refractivity contribution in [2.24, 2.45) is 0 Å². The molecule has 0 aliphatic heterocycles. The van der Waals surface area contributed by atoms with Crippen LogP contribution in [0.3, 0.4) is 0 Å². The number of anilines is 1. The first-order valence-electron chi connectivity index (χ1n) is 11.4. The molecule has 184 valence electrons. The van der Waals surface area contributed by atoms with Crippen LogP contribution in [0, 0.1) is 0 Å². The molecular weight excluding hydrogens is 464 g/mol. The third kappa shape index (κ3) is 6.09. The number of alkyl halides is 2. The van der Waals surface area contributed by atoms with Crippen LogP contribution in [0.5, 0.6) is 5.88 Å². The van der Waals surface area contributed by atoms with E-state index in [2.05, 4.69) is 15.3 Å². The smallest absolute Gasteiger partial charge is 0.298 e. The number of carbonyl (C=O) groups excluding carboxylic acids is 1. The first-order valence-corrected chi connectivity index (χ1v) is 11.4. The Balaban J connectivity index is 1.38. The number of amides is 1. The van der Waals surface area contributed by atoms with Gasteiger partial charge >= 0.3 is 0 Å². The van der Waals surface area contributed by atoms with E-state index in [1.165, 1.54) is 24.3 Å². The van der Waals surface area contributed by atoms with Crippen LogP contribution >= 0.6 is 0 Å². The predicted molar refractivity (Wildman–Crippen MR) is 133 cm³/mol. The molecule has 2 N–H and O–H groups in total. The van der Waals surface area contributed by atoms with Crippen LogP contribution in [0.25, 0.3) is 11.3 Å². The average Bonchev–Trinajstić information content (AvgIpc) is 2.89. The Labute approximate surface area is 207 Å². The molecule has 1 amide bonds. The molecule has 0 spiro atoms. The number of benzene rings is 3. The van der Waals surface area contributed by atoms with Crippen molar-refractivity contribution in [3.8, 4) is 17.1 Å². The number of hydrogen-bond acceptors (Lipinski definition) is 5. The molecule has 3 aromatic carbocycles. The zero-order valence-electron chi connectivity index (χ0n) is 19.6. The molecule has 8 heteroatoms. The lowest BCUT2D eigenvalue weighted by atomic mass is 10.0. The maximum Gasteiger partial charge on any atom is 0.298 e. The van der Waals surface area contributed by atoms with Gasteiger partial charge in [-0.25, -0.2) is 9.97 Å². The molecular formula is C28H25F2N3O3. The molecule has 4 rings (SSSR count). The number of aliphatic hydroxyl groups excluding tert-OH is 1. The lowest BCUT2D eigenvalue weighted by Gasteiger charge is -2.19. The van der Waals surface area contributed by atoms with Crippen LogP contribution in [0.2, 0.25) is 0 Å². The number of aromatic nitrogens is 2. The van der Waals surface area contributed by atoms with Crippen LogP contribution in [-0.4, -0.2) is 27.1 Å². The minimum Gasteiger partial charge on any atom is -0.471 e. The lowest BCUT2D eigenvalue weighted by Crippen LogP contribution is -2.27. The Morgan fingerprint density at radius 2 is 1.61 bits per heavy atom. The number of aliphatic hydroxyl groups is 1. The highest BCUT2D eigenvalue weighted by Crippen LogP contribution is 2.32. The summed E-state index contributed by atoms with van der Waals surface area (Å²) in [6, 6.07) is 22.2. The van der Waals surface area contributed by atoms with Gasteiger partial charge in [0.05, 0.1) is 6.42 Å². The van der Waals surface area contributed by atoms with E-state index in [1.54, 1.807) is 24.5 Å². The van der Waals surface area contributed by atoms with E-state index in [-0.39, 0.29) is 17.9 Å². The highest BCUT2D eigenvalue weighted by Gasteiger charge is 2.37. The van der Waals surface area contributed by atoms with Crippen molar-refractivity contribution in [3.63, 3.8) is 0 Å². The zero-order chi connectivity index (χ0) is 25.5. The van der Waals surface area contributed by atoms with E-state index < -0.39 is 12.0 Å². The molecule has 1 unspecified atom stereocenters. The van der Waals surface area contributed by atoms with Crippen molar-refractivity contribution in [1.29, 1.82) is 0 Å². The standard InChI is InChI=1S/C28H25F2N3O3/c1-19(34)28(29,30)23-11-7-20(8-12-23)17-25(35)33-24-13-9-22(10-14-24)26-27(32-16-15-31-26)36-18-21-5-3-2-4-6-21/h2-16,19,34H,17-18H2,1H3,(H,33,35). The number of rotatable bonds is 9. The van der Waals surface area contributed by atoms with Gasteiger partial charge in [0.15, 0.2) is 0 Å². The van der Waals surface area contributed by atoms with E-state index in [1.807, 2.05) is 42.5 Å². The second kappa shape index (κ2) is 11.0. The van der Waals surface area contributed by atoms with E-state index in [0.29, 0.717) is 29.4 Å². The van der Waals surface area contributed by atoms with E-state index >= 15 is 0 Å². The summed E-state index contributed by atoms with van der Waals surface area (Å²) < 4.78 is 33.7. The summed E-state index contributed by atoms with van der Waals surface area (Å²) in [6.45, 7) is 1.40. The highest BCUT2D eigenvalue weighted by molar-refractivity contribution is 5.92. The Morgan fingerprint density at radius 3 is 2.28 bits per heavy atom. The van der Waals surface area contributed by atoms with Crippen LogP contribution in [0.1, 0.15) is 23.6 Å². The summed E-state index contributed by atoms with van der Waals surface area (Å²) in [6.07, 6.45) is 1.37. The average molecular weight is 490 g/mol. The number of hydrogen-bond donors (Lipinski definition) is 2. The molecule has 1 aromatic heterocycles. The topological polar surface area (TPSA) is 84.3 Å². The normalized spacial score (nSPS) is 12.1. The fourth-order valence-corrected chi connectivity index (χ4v) is 3.54. The maximum atomic E-state index is 13.9. The molecule has 4 aromatic rings. The Bertz CT molecular complexity index is 1300. The second-order valence-electron chi connectivity index (χ2n) is 8.28. The molecule has 0 radical (unpaired) electrons. The minimum atomic E-state index is -3.35. The molecule has 0 bridgehead atoms. The number of nitrogens with zero attached hydrogens (tertiary/aromatic N) is 2. The van der Waals surface area contributed by atoms with Gasteiger partial charge in [0.25, 0.3) is 5.92 Å². The van der Waals surface area contributed by atoms with Gasteiger partial charge in [0.2, 0.25) is 11.8 Å². The van der Waals surface area contributed by atoms with Crippen molar-refractivity contribution in [2.75, 3.05) is 5.32 Å². The molecule has 0 saturated heterocycles. The van der Waals surface area contributed by atoms with Crippen molar-refractivity contribution < 1.29 is 23.4 Å². The summed E-state index contributed by atoms with van der Waals surface area (Å²) in [5.74, 6) is -3.23. The van der Waals surface area contributed by atoms with Gasteiger partial charge in [0, 0.05) is 29.2 Å². The number of ether oxygens (including phenoxy) is 1. The first kappa shape index (κ1) is 24.9. The van der Waals surface area contributed by atoms with E-state index in [4.69, 9.17) is 4.74 Å². The molecule has 0 fully saturated rings. The molecule has 0 saturated carbocycles. The monoisotopic (exact) mass is 489 g/mol. The number of carbonyl (C=O) groups is 1. The van der Waals surface area contributed by atoms with Gasteiger partial charge in [-0.2, -0.15) is 8.78 Å². The molecule has 6 nitrogen and oxygen atoms in total. The van der Waals surface area contributed by atoms with Gasteiger partial charge in [-0.1, -0.05) is 66.7 Å². The predicted octanol–water partition coefficient (Wildman–Crippen LogP) is 5.38. The molecule has 1 atom stereocenters. The SMILES string of the molecule is CC(O)C(F)(F)c1ccc(CC(=O)Nc2ccc(-c3nccnc3OCc3ccccc3)cc2)cc1. The summed E-state index contributed by atoms with van der Waals surface area (Å²) in [5, 5.41) is 12.1. The van der Waals surface area contributed by atoms with Crippen molar-refractivity contribution in [1.82, 2.24) is 9.97 Å². The molecule has 36 heavy (non-hydrogen) atoms. The van der Waals surface area contributed by atoms with Gasteiger partial charge in [-0.15, -0.1) is 0 Å². The van der Waals surface area contributed by atoms with Crippen molar-refractivity contribution >= 4 is 11.6 Å².